The molecule has 0 saturated heterocycles. The molecule has 12 N–H and O–H groups in total. The van der Waals surface area contributed by atoms with Gasteiger partial charge in [0.1, 0.15) is 48.1 Å². The van der Waals surface area contributed by atoms with Gasteiger partial charge < -0.3 is 46.2 Å². The number of aromatic hydroxyl groups is 2. The van der Waals surface area contributed by atoms with E-state index in [1.54, 1.807) is 0 Å². The Morgan fingerprint density at radius 1 is 0.614 bits per heavy atom. The maximum Gasteiger partial charge on any atom is 0.296 e. The molecule has 0 aromatic heterocycles. The fraction of sp³-hybridized carbons (Fsp3) is 0.175. The third-order valence-electron chi connectivity index (χ3n) is 9.53. The average Bonchev–Trinajstić information content (AvgIpc) is 3.25. The van der Waals surface area contributed by atoms with Crippen LogP contribution in [0.4, 0.5) is 45.5 Å². The second kappa shape index (κ2) is 21.3. The number of rotatable bonds is 16. The molecule has 0 radical (unpaired) electrons. The molecule has 0 amide bonds. The molecule has 0 aliphatic heterocycles. The van der Waals surface area contributed by atoms with Crippen molar-refractivity contribution in [2.75, 3.05) is 51.5 Å². The van der Waals surface area contributed by atoms with Crippen molar-refractivity contribution in [3.05, 3.63) is 78.9 Å². The van der Waals surface area contributed by atoms with Gasteiger partial charge in [-0.2, -0.15) is 33.7 Å². The summed E-state index contributed by atoms with van der Waals surface area (Å²) in [5.74, 6) is -2.49. The van der Waals surface area contributed by atoms with Gasteiger partial charge in [0.05, 0.1) is 31.7 Å². The van der Waals surface area contributed by atoms with Gasteiger partial charge in [-0.25, -0.2) is 4.99 Å². The quantitative estimate of drug-likeness (QED) is 0.0172. The molecular weight excluding hydrogens is 1010 g/mol. The SMILES string of the molecule is CN(CCO)CCO.COc1cc(N=Nc2c(S(=O)(=O)O)cc3cc(Nc4ccc(N)c(S(=O)(=O)O)c4)ccc3c2O)c(S(=O)(=O)O)cc1N=Nc1c(S(=O)(=O)O)cc2ccc(N=C(C)O)cc2c1O. The second-order valence-corrected chi connectivity index (χ2v) is 20.1. The van der Waals surface area contributed by atoms with Gasteiger partial charge in [-0.05, 0) is 84.6 Å². The third-order valence-corrected chi connectivity index (χ3v) is 13.1. The first kappa shape index (κ1) is 54.0. The number of benzene rings is 6. The van der Waals surface area contributed by atoms with Crippen molar-refractivity contribution in [2.45, 2.75) is 26.5 Å². The number of nitrogen functional groups attached to an aromatic ring is 1. The summed E-state index contributed by atoms with van der Waals surface area (Å²) < 4.78 is 143. The standard InChI is InChI=1S/C35H29N7O16S4.C5H13NO2/c1-16(43)37-20-4-3-17-10-30(61(52,53)54)33(35(45)23(17)12-20)41-39-25-15-29(60(49,50)51)26(14-27(25)58-2)40-42-32-31(62(55,56)57)11-18-9-19(5-7-22(18)34(32)44)38-21-6-8-24(36)28(13-21)59(46,47)48;1-6(2-4-7)3-5-8/h3-15,38,44-45H,36H2,1-2H3,(H,37,43)(H,46,47,48)(H,49,50,51)(H,52,53,54)(H,55,56,57);7-8H,2-5H2,1H3. The van der Waals surface area contributed by atoms with Crippen molar-refractivity contribution in [1.82, 2.24) is 4.90 Å². The maximum atomic E-state index is 12.6. The van der Waals surface area contributed by atoms with Gasteiger partial charge in [-0.3, -0.25) is 18.2 Å². The Labute approximate surface area is 398 Å². The van der Waals surface area contributed by atoms with E-state index in [1.807, 2.05) is 11.9 Å². The lowest BCUT2D eigenvalue weighted by Gasteiger charge is -2.13. The normalized spacial score (nSPS) is 12.8. The lowest BCUT2D eigenvalue weighted by atomic mass is 10.1. The molecule has 0 bridgehead atoms. The zero-order valence-electron chi connectivity index (χ0n) is 36.4. The molecule has 70 heavy (non-hydrogen) atoms. The van der Waals surface area contributed by atoms with Gasteiger partial charge >= 0.3 is 0 Å². The molecule has 6 aromatic carbocycles. The van der Waals surface area contributed by atoms with Gasteiger partial charge in [0, 0.05) is 48.2 Å². The smallest absolute Gasteiger partial charge is 0.296 e. The highest BCUT2D eigenvalue weighted by Crippen LogP contribution is 2.46. The van der Waals surface area contributed by atoms with Gasteiger partial charge in [0.2, 0.25) is 0 Å². The molecule has 0 unspecified atom stereocenters. The number of azo groups is 2. The molecule has 0 atom stereocenters. The minimum absolute atomic E-state index is 0.0386. The number of nitrogens with two attached hydrogens (primary N) is 1. The van der Waals surface area contributed by atoms with Crippen LogP contribution in [0.1, 0.15) is 6.92 Å². The van der Waals surface area contributed by atoms with Crippen LogP contribution in [0, 0.1) is 0 Å². The molecular formula is C40H42N8O18S4. The number of methoxy groups -OCH3 is 1. The van der Waals surface area contributed by atoms with Crippen LogP contribution in [-0.2, 0) is 40.5 Å². The second-order valence-electron chi connectivity index (χ2n) is 14.6. The fourth-order valence-electron chi connectivity index (χ4n) is 6.33. The van der Waals surface area contributed by atoms with E-state index in [-0.39, 0.29) is 63.4 Å². The lowest BCUT2D eigenvalue weighted by molar-refractivity contribution is 0.184. The Morgan fingerprint density at radius 2 is 1.13 bits per heavy atom. The Kier molecular flexibility index (Phi) is 16.5. The third kappa shape index (κ3) is 13.0. The number of hydrogen-bond acceptors (Lipinski definition) is 21. The summed E-state index contributed by atoms with van der Waals surface area (Å²) in [5, 5.41) is 66.2. The number of nitrogens with one attached hydrogen (secondary N) is 1. The monoisotopic (exact) mass is 1050 g/mol. The number of likely N-dealkylation sites (N-methyl/N-ethyl adjacent to an activating group) is 1. The highest BCUT2D eigenvalue weighted by molar-refractivity contribution is 7.86. The molecule has 0 heterocycles. The summed E-state index contributed by atoms with van der Waals surface area (Å²) >= 11 is 0. The van der Waals surface area contributed by atoms with E-state index in [9.17, 15) is 67.2 Å². The largest absolute Gasteiger partial charge is 0.505 e. The van der Waals surface area contributed by atoms with Gasteiger partial charge in [0.15, 0.2) is 17.4 Å². The first-order chi connectivity index (χ1) is 32.6. The van der Waals surface area contributed by atoms with E-state index < -0.39 is 100 Å². The van der Waals surface area contributed by atoms with Crippen molar-refractivity contribution in [3.63, 3.8) is 0 Å². The number of nitrogens with zero attached hydrogens (tertiary/aromatic N) is 6. The predicted molar refractivity (Wildman–Crippen MR) is 253 cm³/mol. The van der Waals surface area contributed by atoms with E-state index in [0.717, 1.165) is 31.4 Å². The summed E-state index contributed by atoms with van der Waals surface area (Å²) in [4.78, 5) is 2.05. The van der Waals surface area contributed by atoms with Crippen molar-refractivity contribution in [2.24, 2.45) is 25.4 Å². The number of aliphatic hydroxyl groups is 3. The molecule has 6 aromatic rings. The number of fused-ring (bicyclic) bond motifs is 2. The van der Waals surface area contributed by atoms with Gasteiger partial charge in [-0.15, -0.1) is 20.5 Å². The Balaban J connectivity index is 0.00000105. The van der Waals surface area contributed by atoms with Crippen LogP contribution in [0.3, 0.4) is 0 Å². The van der Waals surface area contributed by atoms with E-state index in [1.165, 1.54) is 55.5 Å². The molecule has 0 aliphatic rings. The van der Waals surface area contributed by atoms with Crippen molar-refractivity contribution in [1.29, 1.82) is 0 Å². The number of hydrogen-bond donors (Lipinski definition) is 11. The number of aliphatic hydroxyl groups excluding tert-OH is 3. The maximum absolute atomic E-state index is 12.6. The van der Waals surface area contributed by atoms with Crippen LogP contribution in [-0.4, -0.2) is 129 Å². The minimum Gasteiger partial charge on any atom is -0.505 e. The number of ether oxygens (including phenoxy) is 1. The van der Waals surface area contributed by atoms with Crippen LogP contribution in [0.15, 0.2) is 124 Å². The summed E-state index contributed by atoms with van der Waals surface area (Å²) in [5.41, 5.74) is 2.73. The van der Waals surface area contributed by atoms with Crippen molar-refractivity contribution in [3.8, 4) is 17.2 Å². The number of phenols is 2. The first-order valence-corrected chi connectivity index (χ1v) is 25.2. The zero-order chi connectivity index (χ0) is 52.1. The molecule has 0 fully saturated rings. The predicted octanol–water partition coefficient (Wildman–Crippen LogP) is 6.07. The average molecular weight is 1050 g/mol. The molecule has 6 rings (SSSR count). The van der Waals surface area contributed by atoms with E-state index in [4.69, 9.17) is 20.7 Å². The Morgan fingerprint density at radius 3 is 1.66 bits per heavy atom. The molecule has 26 nitrogen and oxygen atoms in total. The van der Waals surface area contributed by atoms with Gasteiger partial charge in [-0.1, -0.05) is 6.07 Å². The number of phenolic OH excluding ortho intramolecular Hbond substituents is 2. The van der Waals surface area contributed by atoms with Crippen LogP contribution < -0.4 is 15.8 Å². The Bertz CT molecular complexity index is 3560. The first-order valence-electron chi connectivity index (χ1n) is 19.4. The number of anilines is 3. The fourth-order valence-corrected chi connectivity index (χ4v) is 8.91. The van der Waals surface area contributed by atoms with Gasteiger partial charge in [0.25, 0.3) is 40.5 Å². The minimum atomic E-state index is -5.30. The summed E-state index contributed by atoms with van der Waals surface area (Å²) in [6.45, 7) is 2.88. The van der Waals surface area contributed by atoms with Crippen LogP contribution >= 0.6 is 0 Å². The topological polar surface area (TPSA) is 431 Å². The highest BCUT2D eigenvalue weighted by Gasteiger charge is 2.26. The van der Waals surface area contributed by atoms with Crippen LogP contribution in [0.25, 0.3) is 21.5 Å². The van der Waals surface area contributed by atoms with E-state index in [2.05, 4.69) is 30.8 Å². The van der Waals surface area contributed by atoms with E-state index in [0.29, 0.717) is 19.2 Å². The Hall–Kier alpha value is -6.97. The highest BCUT2D eigenvalue weighted by atomic mass is 32.2. The van der Waals surface area contributed by atoms with Crippen LogP contribution in [0.5, 0.6) is 17.2 Å². The summed E-state index contributed by atoms with van der Waals surface area (Å²) in [6.07, 6.45) is 0. The van der Waals surface area contributed by atoms with E-state index >= 15 is 0 Å². The molecule has 374 valence electrons. The molecule has 0 saturated carbocycles. The van der Waals surface area contributed by atoms with Crippen molar-refractivity contribution >= 4 is 113 Å². The molecule has 0 aliphatic carbocycles. The molecule has 30 heteroatoms. The lowest BCUT2D eigenvalue weighted by Crippen LogP contribution is -2.25. The molecule has 0 spiro atoms. The summed E-state index contributed by atoms with van der Waals surface area (Å²) in [6, 6.07) is 14.7. The zero-order valence-corrected chi connectivity index (χ0v) is 39.7. The van der Waals surface area contributed by atoms with Crippen molar-refractivity contribution < 1.29 is 82.2 Å². The van der Waals surface area contributed by atoms with Crippen LogP contribution in [0.2, 0.25) is 0 Å². The summed E-state index contributed by atoms with van der Waals surface area (Å²) in [7, 11) is -17.5. The number of aliphatic imine (C=N–C) groups is 1.